The SMILES string of the molecule is CCOC(=O)C1=C(C)NC(=O)N[C@H]1c1cc(Br)ccc1OCC. The number of carbonyl (C=O) groups excluding carboxylic acids is 2. The molecule has 0 spiro atoms. The molecule has 1 aliphatic heterocycles. The van der Waals surface area contributed by atoms with Crippen LogP contribution in [0, 0.1) is 0 Å². The Bertz CT molecular complexity index is 657. The van der Waals surface area contributed by atoms with Gasteiger partial charge in [-0.2, -0.15) is 0 Å². The van der Waals surface area contributed by atoms with Gasteiger partial charge in [0, 0.05) is 15.7 Å². The van der Waals surface area contributed by atoms with Crippen LogP contribution >= 0.6 is 15.9 Å². The fourth-order valence-electron chi connectivity index (χ4n) is 2.44. The van der Waals surface area contributed by atoms with Gasteiger partial charge in [-0.1, -0.05) is 15.9 Å². The fourth-order valence-corrected chi connectivity index (χ4v) is 2.82. The first kappa shape index (κ1) is 17.3. The first-order valence-electron chi connectivity index (χ1n) is 7.35. The summed E-state index contributed by atoms with van der Waals surface area (Å²) in [6.45, 7) is 6.02. The van der Waals surface area contributed by atoms with Gasteiger partial charge >= 0.3 is 12.0 Å². The van der Waals surface area contributed by atoms with Crippen LogP contribution in [-0.4, -0.2) is 25.2 Å². The number of benzene rings is 1. The van der Waals surface area contributed by atoms with Gasteiger partial charge < -0.3 is 20.1 Å². The van der Waals surface area contributed by atoms with Crippen LogP contribution in [0.5, 0.6) is 5.75 Å². The van der Waals surface area contributed by atoms with E-state index in [2.05, 4.69) is 26.6 Å². The van der Waals surface area contributed by atoms with Gasteiger partial charge in [0.1, 0.15) is 5.75 Å². The van der Waals surface area contributed by atoms with Crippen molar-refractivity contribution < 1.29 is 19.1 Å². The highest BCUT2D eigenvalue weighted by atomic mass is 79.9. The number of nitrogens with one attached hydrogen (secondary N) is 2. The first-order chi connectivity index (χ1) is 11.0. The number of halogens is 1. The highest BCUT2D eigenvalue weighted by Gasteiger charge is 2.33. The molecule has 0 aromatic heterocycles. The molecule has 1 aromatic rings. The summed E-state index contributed by atoms with van der Waals surface area (Å²) in [5.41, 5.74) is 1.53. The molecule has 2 amide bonds. The number of urea groups is 1. The molecule has 2 rings (SSSR count). The van der Waals surface area contributed by atoms with Crippen molar-refractivity contribution in [3.05, 3.63) is 39.5 Å². The standard InChI is InChI=1S/C16H19BrN2O4/c1-4-22-12-7-6-10(17)8-11(12)14-13(15(20)23-5-2)9(3)18-16(21)19-14/h6-8,14H,4-5H2,1-3H3,(H2,18,19,21)/t14-/m0/s1. The lowest BCUT2D eigenvalue weighted by atomic mass is 9.95. The fraction of sp³-hybridized carbons (Fsp3) is 0.375. The highest BCUT2D eigenvalue weighted by molar-refractivity contribution is 9.10. The molecule has 0 bridgehead atoms. The van der Waals surface area contributed by atoms with Gasteiger partial charge in [0.25, 0.3) is 0 Å². The molecular weight excluding hydrogens is 364 g/mol. The van der Waals surface area contributed by atoms with Crippen molar-refractivity contribution in [2.75, 3.05) is 13.2 Å². The van der Waals surface area contributed by atoms with Crippen molar-refractivity contribution in [2.24, 2.45) is 0 Å². The molecule has 1 atom stereocenters. The average molecular weight is 383 g/mol. The van der Waals surface area contributed by atoms with Gasteiger partial charge in [-0.3, -0.25) is 0 Å². The molecule has 1 heterocycles. The van der Waals surface area contributed by atoms with Crippen molar-refractivity contribution in [3.8, 4) is 5.75 Å². The van der Waals surface area contributed by atoms with E-state index in [1.54, 1.807) is 19.9 Å². The highest BCUT2D eigenvalue weighted by Crippen LogP contribution is 2.35. The maximum absolute atomic E-state index is 12.3. The second-order valence-electron chi connectivity index (χ2n) is 4.91. The summed E-state index contributed by atoms with van der Waals surface area (Å²) in [7, 11) is 0. The third kappa shape index (κ3) is 3.85. The summed E-state index contributed by atoms with van der Waals surface area (Å²) < 4.78 is 11.6. The molecular formula is C16H19BrN2O4. The molecule has 0 fully saturated rings. The molecule has 1 aromatic carbocycles. The summed E-state index contributed by atoms with van der Waals surface area (Å²) in [6, 6.07) is 4.46. The lowest BCUT2D eigenvalue weighted by Crippen LogP contribution is -2.45. The van der Waals surface area contributed by atoms with E-state index in [9.17, 15) is 9.59 Å². The zero-order valence-electron chi connectivity index (χ0n) is 13.2. The van der Waals surface area contributed by atoms with E-state index in [1.807, 2.05) is 19.1 Å². The third-order valence-electron chi connectivity index (χ3n) is 3.35. The molecule has 1 aliphatic rings. The predicted octanol–water partition coefficient (Wildman–Crippen LogP) is 3.04. The van der Waals surface area contributed by atoms with Crippen molar-refractivity contribution in [3.63, 3.8) is 0 Å². The van der Waals surface area contributed by atoms with Crippen LogP contribution in [-0.2, 0) is 9.53 Å². The number of carbonyl (C=O) groups is 2. The number of amides is 2. The van der Waals surface area contributed by atoms with Gasteiger partial charge in [0.2, 0.25) is 0 Å². The van der Waals surface area contributed by atoms with Gasteiger partial charge in [-0.05, 0) is 39.0 Å². The Morgan fingerprint density at radius 2 is 2.04 bits per heavy atom. The van der Waals surface area contributed by atoms with Gasteiger partial charge in [-0.25, -0.2) is 9.59 Å². The summed E-state index contributed by atoms with van der Waals surface area (Å²) in [4.78, 5) is 24.2. The van der Waals surface area contributed by atoms with Crippen LogP contribution in [0.15, 0.2) is 33.9 Å². The topological polar surface area (TPSA) is 76.7 Å². The lowest BCUT2D eigenvalue weighted by Gasteiger charge is -2.29. The minimum absolute atomic E-state index is 0.257. The lowest BCUT2D eigenvalue weighted by molar-refractivity contribution is -0.139. The van der Waals surface area contributed by atoms with E-state index >= 15 is 0 Å². The zero-order valence-corrected chi connectivity index (χ0v) is 14.8. The summed E-state index contributed by atoms with van der Waals surface area (Å²) in [6.07, 6.45) is 0. The Balaban J connectivity index is 2.54. The molecule has 2 N–H and O–H groups in total. The Hall–Kier alpha value is -2.02. The van der Waals surface area contributed by atoms with Crippen LogP contribution < -0.4 is 15.4 Å². The molecule has 0 radical (unpaired) electrons. The second-order valence-corrected chi connectivity index (χ2v) is 5.82. The minimum atomic E-state index is -0.637. The van der Waals surface area contributed by atoms with E-state index in [0.29, 0.717) is 29.2 Å². The normalized spacial score (nSPS) is 17.4. The van der Waals surface area contributed by atoms with E-state index < -0.39 is 12.0 Å². The molecule has 0 saturated heterocycles. The number of rotatable bonds is 5. The number of hydrogen-bond donors (Lipinski definition) is 2. The van der Waals surface area contributed by atoms with Crippen LogP contribution in [0.25, 0.3) is 0 Å². The predicted molar refractivity (Wildman–Crippen MR) is 89.1 cm³/mol. The van der Waals surface area contributed by atoms with Gasteiger partial charge in [-0.15, -0.1) is 0 Å². The van der Waals surface area contributed by atoms with Crippen molar-refractivity contribution in [1.82, 2.24) is 10.6 Å². The molecule has 7 heteroatoms. The zero-order chi connectivity index (χ0) is 17.0. The minimum Gasteiger partial charge on any atom is -0.494 e. The first-order valence-corrected chi connectivity index (χ1v) is 8.14. The Morgan fingerprint density at radius 1 is 1.30 bits per heavy atom. The van der Waals surface area contributed by atoms with Crippen molar-refractivity contribution in [2.45, 2.75) is 26.8 Å². The number of ether oxygens (including phenoxy) is 2. The Morgan fingerprint density at radius 3 is 2.70 bits per heavy atom. The average Bonchev–Trinajstić information content (AvgIpc) is 2.48. The molecule has 0 unspecified atom stereocenters. The number of hydrogen-bond acceptors (Lipinski definition) is 4. The summed E-state index contributed by atoms with van der Waals surface area (Å²) in [5.74, 6) is 0.141. The van der Waals surface area contributed by atoms with Crippen LogP contribution in [0.1, 0.15) is 32.4 Å². The monoisotopic (exact) mass is 382 g/mol. The number of esters is 1. The van der Waals surface area contributed by atoms with Crippen LogP contribution in [0.2, 0.25) is 0 Å². The van der Waals surface area contributed by atoms with Crippen molar-refractivity contribution in [1.29, 1.82) is 0 Å². The quantitative estimate of drug-likeness (QED) is 0.767. The van der Waals surface area contributed by atoms with E-state index in [-0.39, 0.29) is 12.6 Å². The van der Waals surface area contributed by atoms with Crippen LogP contribution in [0.3, 0.4) is 0 Å². The summed E-state index contributed by atoms with van der Waals surface area (Å²) in [5, 5.41) is 5.38. The maximum Gasteiger partial charge on any atom is 0.338 e. The largest absolute Gasteiger partial charge is 0.494 e. The van der Waals surface area contributed by atoms with Crippen LogP contribution in [0.4, 0.5) is 4.79 Å². The van der Waals surface area contributed by atoms with Gasteiger partial charge in [0.05, 0.1) is 24.8 Å². The van der Waals surface area contributed by atoms with Crippen molar-refractivity contribution >= 4 is 27.9 Å². The molecule has 124 valence electrons. The van der Waals surface area contributed by atoms with E-state index in [1.165, 1.54) is 0 Å². The second kappa shape index (κ2) is 7.50. The summed E-state index contributed by atoms with van der Waals surface area (Å²) >= 11 is 3.42. The number of allylic oxidation sites excluding steroid dienone is 1. The molecule has 0 saturated carbocycles. The van der Waals surface area contributed by atoms with E-state index in [0.717, 1.165) is 4.47 Å². The van der Waals surface area contributed by atoms with Gasteiger partial charge in [0.15, 0.2) is 0 Å². The Kier molecular flexibility index (Phi) is 5.65. The Labute approximate surface area is 143 Å². The third-order valence-corrected chi connectivity index (χ3v) is 3.84. The molecule has 23 heavy (non-hydrogen) atoms. The molecule has 6 nitrogen and oxygen atoms in total. The maximum atomic E-state index is 12.3. The molecule has 0 aliphatic carbocycles. The smallest absolute Gasteiger partial charge is 0.338 e. The van der Waals surface area contributed by atoms with E-state index in [4.69, 9.17) is 9.47 Å².